The van der Waals surface area contributed by atoms with E-state index >= 15 is 0 Å². The van der Waals surface area contributed by atoms with E-state index in [1.807, 2.05) is 42.5 Å². The number of fused-ring (bicyclic) bond motifs is 1. The van der Waals surface area contributed by atoms with Gasteiger partial charge < -0.3 is 4.74 Å². The van der Waals surface area contributed by atoms with E-state index in [1.54, 1.807) is 47.1 Å². The molecule has 0 atom stereocenters. The van der Waals surface area contributed by atoms with Crippen molar-refractivity contribution in [3.63, 3.8) is 0 Å². The standard InChI is InChI=1S/C29H20F3N3O/c30-29(31,32)26-14-6-13-25-27(26)34-35(18-20-7-2-1-3-8-20)28(25)23-11-5-12-24(16-23)36-19-22-10-4-9-21(15-22)17-33/h1-16H,18-19H2. The Hall–Kier alpha value is -4.57. The van der Waals surface area contributed by atoms with Gasteiger partial charge in [-0.1, -0.05) is 66.7 Å². The van der Waals surface area contributed by atoms with Gasteiger partial charge in [-0.2, -0.15) is 23.5 Å². The summed E-state index contributed by atoms with van der Waals surface area (Å²) in [4.78, 5) is 0. The van der Waals surface area contributed by atoms with E-state index in [4.69, 9.17) is 10.00 Å². The first-order valence-electron chi connectivity index (χ1n) is 11.3. The van der Waals surface area contributed by atoms with Crippen molar-refractivity contribution in [3.05, 3.63) is 119 Å². The van der Waals surface area contributed by atoms with Crippen LogP contribution in [-0.4, -0.2) is 9.78 Å². The van der Waals surface area contributed by atoms with Gasteiger partial charge in [0.15, 0.2) is 0 Å². The Morgan fingerprint density at radius 2 is 1.58 bits per heavy atom. The summed E-state index contributed by atoms with van der Waals surface area (Å²) in [5.41, 5.74) is 2.72. The van der Waals surface area contributed by atoms with Gasteiger partial charge >= 0.3 is 6.18 Å². The fraction of sp³-hybridized carbons (Fsp3) is 0.103. The Bertz CT molecular complexity index is 1570. The smallest absolute Gasteiger partial charge is 0.418 e. The zero-order chi connectivity index (χ0) is 25.1. The number of alkyl halides is 3. The summed E-state index contributed by atoms with van der Waals surface area (Å²) >= 11 is 0. The maximum Gasteiger partial charge on any atom is 0.418 e. The van der Waals surface area contributed by atoms with Gasteiger partial charge in [0.2, 0.25) is 0 Å². The molecule has 1 heterocycles. The molecule has 0 aliphatic rings. The Balaban J connectivity index is 1.56. The van der Waals surface area contributed by atoms with Crippen molar-refractivity contribution in [2.75, 3.05) is 0 Å². The van der Waals surface area contributed by atoms with Crippen molar-refractivity contribution < 1.29 is 17.9 Å². The number of benzene rings is 4. The van der Waals surface area contributed by atoms with E-state index in [0.29, 0.717) is 34.5 Å². The highest BCUT2D eigenvalue weighted by Gasteiger charge is 2.34. The highest BCUT2D eigenvalue weighted by Crippen LogP contribution is 2.38. The van der Waals surface area contributed by atoms with Crippen molar-refractivity contribution >= 4 is 10.9 Å². The van der Waals surface area contributed by atoms with Gasteiger partial charge in [-0.25, -0.2) is 0 Å². The average molecular weight is 483 g/mol. The molecule has 0 N–H and O–H groups in total. The number of rotatable bonds is 6. The molecule has 0 spiro atoms. The van der Waals surface area contributed by atoms with Gasteiger partial charge in [0, 0.05) is 10.9 Å². The molecule has 1 aromatic heterocycles. The molecule has 0 fully saturated rings. The second-order valence-corrected chi connectivity index (χ2v) is 8.32. The summed E-state index contributed by atoms with van der Waals surface area (Å²) in [7, 11) is 0. The Kier molecular flexibility index (Phi) is 6.17. The first-order valence-corrected chi connectivity index (χ1v) is 11.3. The molecule has 0 aliphatic carbocycles. The molecule has 4 nitrogen and oxygen atoms in total. The highest BCUT2D eigenvalue weighted by atomic mass is 19.4. The van der Waals surface area contributed by atoms with Crippen LogP contribution in [0.15, 0.2) is 97.1 Å². The molecule has 0 unspecified atom stereocenters. The van der Waals surface area contributed by atoms with E-state index in [2.05, 4.69) is 11.2 Å². The van der Waals surface area contributed by atoms with E-state index < -0.39 is 11.7 Å². The van der Waals surface area contributed by atoms with Gasteiger partial charge in [0.1, 0.15) is 17.9 Å². The molecule has 0 saturated carbocycles. The molecule has 0 aliphatic heterocycles. The molecular weight excluding hydrogens is 463 g/mol. The van der Waals surface area contributed by atoms with Crippen LogP contribution in [0.5, 0.6) is 5.75 Å². The zero-order valence-electron chi connectivity index (χ0n) is 19.0. The normalized spacial score (nSPS) is 11.4. The predicted octanol–water partition coefficient (Wildman–Crippen LogP) is 7.22. The van der Waals surface area contributed by atoms with Gasteiger partial charge in [0.25, 0.3) is 0 Å². The summed E-state index contributed by atoms with van der Waals surface area (Å²) in [5, 5.41) is 13.9. The monoisotopic (exact) mass is 483 g/mol. The Morgan fingerprint density at radius 3 is 2.36 bits per heavy atom. The summed E-state index contributed by atoms with van der Waals surface area (Å²) in [6, 6.07) is 30.1. The second-order valence-electron chi connectivity index (χ2n) is 8.32. The summed E-state index contributed by atoms with van der Waals surface area (Å²) in [6.07, 6.45) is -4.52. The fourth-order valence-electron chi connectivity index (χ4n) is 4.19. The molecule has 5 rings (SSSR count). The van der Waals surface area contributed by atoms with Crippen molar-refractivity contribution in [2.24, 2.45) is 0 Å². The summed E-state index contributed by atoms with van der Waals surface area (Å²) in [5.74, 6) is 0.558. The molecule has 0 saturated heterocycles. The molecule has 0 amide bonds. The van der Waals surface area contributed by atoms with Crippen LogP contribution in [-0.2, 0) is 19.3 Å². The third-order valence-electron chi connectivity index (χ3n) is 5.82. The number of aromatic nitrogens is 2. The van der Waals surface area contributed by atoms with E-state index in [1.165, 1.54) is 6.07 Å². The van der Waals surface area contributed by atoms with Gasteiger partial charge in [-0.3, -0.25) is 4.68 Å². The first-order chi connectivity index (χ1) is 17.4. The lowest BCUT2D eigenvalue weighted by molar-refractivity contribution is -0.136. The molecule has 178 valence electrons. The maximum absolute atomic E-state index is 13.8. The molecular formula is C29H20F3N3O. The zero-order valence-corrected chi connectivity index (χ0v) is 19.0. The van der Waals surface area contributed by atoms with E-state index in [-0.39, 0.29) is 12.1 Å². The minimum Gasteiger partial charge on any atom is -0.489 e. The predicted molar refractivity (Wildman–Crippen MR) is 131 cm³/mol. The maximum atomic E-state index is 13.8. The number of halogens is 3. The third-order valence-corrected chi connectivity index (χ3v) is 5.82. The molecule has 0 bridgehead atoms. The van der Waals surface area contributed by atoms with Crippen LogP contribution in [0.25, 0.3) is 22.2 Å². The molecule has 36 heavy (non-hydrogen) atoms. The van der Waals surface area contributed by atoms with Gasteiger partial charge in [-0.15, -0.1) is 0 Å². The van der Waals surface area contributed by atoms with Crippen LogP contribution in [0, 0.1) is 11.3 Å². The highest BCUT2D eigenvalue weighted by molar-refractivity contribution is 5.95. The van der Waals surface area contributed by atoms with Crippen LogP contribution in [0.4, 0.5) is 13.2 Å². The van der Waals surface area contributed by atoms with Gasteiger partial charge in [-0.05, 0) is 41.5 Å². The lowest BCUT2D eigenvalue weighted by Crippen LogP contribution is -2.06. The van der Waals surface area contributed by atoms with Crippen molar-refractivity contribution in [1.82, 2.24) is 9.78 Å². The fourth-order valence-corrected chi connectivity index (χ4v) is 4.19. The molecule has 4 aromatic carbocycles. The van der Waals surface area contributed by atoms with Crippen LogP contribution >= 0.6 is 0 Å². The summed E-state index contributed by atoms with van der Waals surface area (Å²) < 4.78 is 48.9. The lowest BCUT2D eigenvalue weighted by atomic mass is 10.0. The quantitative estimate of drug-likeness (QED) is 0.256. The SMILES string of the molecule is N#Cc1cccc(COc2cccc(-c3c4cccc(C(F)(F)F)c4nn3Cc3ccccc3)c2)c1. The first kappa shape index (κ1) is 23.2. The minimum atomic E-state index is -4.52. The van der Waals surface area contributed by atoms with Crippen molar-refractivity contribution in [2.45, 2.75) is 19.3 Å². The number of hydrogen-bond acceptors (Lipinski definition) is 3. The Morgan fingerprint density at radius 1 is 0.833 bits per heavy atom. The number of nitriles is 1. The average Bonchev–Trinajstić information content (AvgIpc) is 3.25. The summed E-state index contributed by atoms with van der Waals surface area (Å²) in [6.45, 7) is 0.565. The van der Waals surface area contributed by atoms with E-state index in [0.717, 1.165) is 17.2 Å². The van der Waals surface area contributed by atoms with E-state index in [9.17, 15) is 13.2 Å². The topological polar surface area (TPSA) is 50.8 Å². The van der Waals surface area contributed by atoms with Crippen LogP contribution in [0.1, 0.15) is 22.3 Å². The second kappa shape index (κ2) is 9.59. The van der Waals surface area contributed by atoms with Crippen LogP contribution < -0.4 is 4.74 Å². The van der Waals surface area contributed by atoms with Gasteiger partial charge in [0.05, 0.1) is 29.4 Å². The molecule has 7 heteroatoms. The van der Waals surface area contributed by atoms with Crippen molar-refractivity contribution in [3.8, 4) is 23.1 Å². The number of ether oxygens (including phenoxy) is 1. The molecule has 0 radical (unpaired) electrons. The number of hydrogen-bond donors (Lipinski definition) is 0. The Labute approximate surface area is 205 Å². The number of nitrogens with zero attached hydrogens (tertiary/aromatic N) is 3. The largest absolute Gasteiger partial charge is 0.489 e. The van der Waals surface area contributed by atoms with Crippen LogP contribution in [0.3, 0.4) is 0 Å². The lowest BCUT2D eigenvalue weighted by Gasteiger charge is -2.11. The molecule has 5 aromatic rings. The third kappa shape index (κ3) is 4.80. The van der Waals surface area contributed by atoms with Crippen LogP contribution in [0.2, 0.25) is 0 Å². The minimum absolute atomic E-state index is 0.0874. The van der Waals surface area contributed by atoms with Crippen molar-refractivity contribution in [1.29, 1.82) is 5.26 Å².